The van der Waals surface area contributed by atoms with E-state index in [0.717, 1.165) is 30.6 Å². The Balaban J connectivity index is 1.86. The largest absolute Gasteiger partial charge is 0.155 e. The molecule has 2 heteroatoms. The van der Waals surface area contributed by atoms with Crippen LogP contribution in [0.3, 0.4) is 0 Å². The molecular formula is C45H66N2. The molecule has 0 saturated heterocycles. The fraction of sp³-hybridized carbons (Fsp3) is 0.556. The summed E-state index contributed by atoms with van der Waals surface area (Å²) in [5.41, 5.74) is 11.7. The van der Waals surface area contributed by atoms with Crippen LogP contribution in [-0.2, 0) is 25.7 Å². The van der Waals surface area contributed by atoms with Crippen LogP contribution in [0.15, 0.2) is 76.6 Å². The van der Waals surface area contributed by atoms with Gasteiger partial charge >= 0.3 is 0 Å². The van der Waals surface area contributed by atoms with Gasteiger partial charge in [0.15, 0.2) is 0 Å². The Kier molecular flexibility index (Phi) is 19.1. The second kappa shape index (κ2) is 23.3. The zero-order chi connectivity index (χ0) is 33.5. The lowest BCUT2D eigenvalue weighted by Gasteiger charge is -2.17. The van der Waals surface area contributed by atoms with Crippen LogP contribution < -0.4 is 0 Å². The fourth-order valence-electron chi connectivity index (χ4n) is 6.68. The normalized spacial score (nSPS) is 12.0. The summed E-state index contributed by atoms with van der Waals surface area (Å²) in [5.74, 6) is 0. The maximum atomic E-state index is 4.88. The van der Waals surface area contributed by atoms with Crippen molar-refractivity contribution in [3.05, 3.63) is 94.2 Å². The average Bonchev–Trinajstić information content (AvgIpc) is 3.09. The van der Waals surface area contributed by atoms with E-state index >= 15 is 0 Å². The minimum absolute atomic E-state index is 0.956. The van der Waals surface area contributed by atoms with E-state index in [4.69, 9.17) is 10.2 Å². The topological polar surface area (TPSA) is 24.7 Å². The highest BCUT2D eigenvalue weighted by Gasteiger charge is 2.13. The lowest BCUT2D eigenvalue weighted by atomic mass is 9.89. The van der Waals surface area contributed by atoms with Crippen molar-refractivity contribution < 1.29 is 0 Å². The summed E-state index contributed by atoms with van der Waals surface area (Å²) in [6, 6.07) is 22.7. The molecule has 0 unspecified atom stereocenters. The molecule has 3 aromatic carbocycles. The van der Waals surface area contributed by atoms with Gasteiger partial charge in [-0.3, -0.25) is 0 Å². The number of nitrogens with zero attached hydrogens (tertiary/aromatic N) is 2. The van der Waals surface area contributed by atoms with E-state index in [0.29, 0.717) is 0 Å². The van der Waals surface area contributed by atoms with Gasteiger partial charge in [-0.05, 0) is 115 Å². The zero-order valence-corrected chi connectivity index (χ0v) is 30.9. The van der Waals surface area contributed by atoms with Crippen molar-refractivity contribution in [1.29, 1.82) is 0 Å². The molecule has 47 heavy (non-hydrogen) atoms. The number of aryl methyl sites for hydroxylation is 3. The Morgan fingerprint density at radius 3 is 1.74 bits per heavy atom. The van der Waals surface area contributed by atoms with Crippen molar-refractivity contribution in [1.82, 2.24) is 0 Å². The molecule has 0 N–H and O–H groups in total. The fourth-order valence-corrected chi connectivity index (χ4v) is 6.68. The molecule has 0 aliphatic carbocycles. The molecule has 3 aromatic rings. The molecule has 0 fully saturated rings. The van der Waals surface area contributed by atoms with Gasteiger partial charge in [-0.15, -0.1) is 0 Å². The molecule has 2 nitrogen and oxygen atoms in total. The third-order valence-electron chi connectivity index (χ3n) is 9.40. The first-order valence-electron chi connectivity index (χ1n) is 19.5. The van der Waals surface area contributed by atoms with Gasteiger partial charge in [-0.1, -0.05) is 153 Å². The molecule has 0 spiro atoms. The van der Waals surface area contributed by atoms with Crippen LogP contribution in [0, 0.1) is 0 Å². The summed E-state index contributed by atoms with van der Waals surface area (Å²) in [4.78, 5) is 0. The molecular weight excluding hydrogens is 569 g/mol. The molecule has 0 bridgehead atoms. The number of hydrogen-bond acceptors (Lipinski definition) is 2. The minimum atomic E-state index is 0.956. The Hall–Kier alpha value is -3.00. The van der Waals surface area contributed by atoms with Gasteiger partial charge in [0.1, 0.15) is 0 Å². The predicted molar refractivity (Wildman–Crippen MR) is 208 cm³/mol. The summed E-state index contributed by atoms with van der Waals surface area (Å²) < 4.78 is 0. The van der Waals surface area contributed by atoms with Crippen LogP contribution in [0.2, 0.25) is 0 Å². The lowest BCUT2D eigenvalue weighted by Crippen LogP contribution is -1.99. The van der Waals surface area contributed by atoms with Crippen molar-refractivity contribution in [3.8, 4) is 11.1 Å². The van der Waals surface area contributed by atoms with Crippen molar-refractivity contribution in [2.45, 2.75) is 163 Å². The summed E-state index contributed by atoms with van der Waals surface area (Å²) in [6.45, 7) is 11.3. The first-order valence-corrected chi connectivity index (χ1v) is 19.5. The number of unbranched alkanes of at least 4 members (excludes halogenated alkanes) is 12. The molecule has 0 radical (unpaired) electrons. The second-order valence-electron chi connectivity index (χ2n) is 13.8. The van der Waals surface area contributed by atoms with Crippen LogP contribution in [0.5, 0.6) is 0 Å². The van der Waals surface area contributed by atoms with E-state index < -0.39 is 0 Å². The van der Waals surface area contributed by atoms with Gasteiger partial charge in [0.25, 0.3) is 0 Å². The van der Waals surface area contributed by atoms with Crippen molar-refractivity contribution in [3.63, 3.8) is 0 Å². The third-order valence-corrected chi connectivity index (χ3v) is 9.40. The molecule has 0 aliphatic heterocycles. The molecule has 256 valence electrons. The standard InChI is InChI=1S/C45H66N2/c1-6-10-14-16-18-21-26-39-32-38(25-12-8-3)33-40(34-39)31-37(5)46-47-43-35-42(29-22-19-17-15-11-7-2)44(30-13-9-4)45(36-43)41-27-23-20-24-28-41/h20,23-24,27-28,31-36H,6-19,21-22,25-26,29-30H2,1-5H3. The molecule has 0 heterocycles. The number of azo groups is 1. The smallest absolute Gasteiger partial charge is 0.0866 e. The molecule has 0 amide bonds. The maximum Gasteiger partial charge on any atom is 0.0866 e. The SMILES string of the molecule is CCCCCCCCc1cc(C=C(C)N=Nc2cc(CCCCCCCC)c(CCCC)c(-c3ccccc3)c2)cc(CCCC)c1. The Morgan fingerprint density at radius 2 is 1.11 bits per heavy atom. The first-order chi connectivity index (χ1) is 23.1. The highest BCUT2D eigenvalue weighted by atomic mass is 15.1. The minimum Gasteiger partial charge on any atom is -0.155 e. The van der Waals surface area contributed by atoms with Crippen molar-refractivity contribution in [2.24, 2.45) is 10.2 Å². The van der Waals surface area contributed by atoms with Gasteiger partial charge in [0.05, 0.1) is 11.4 Å². The average molecular weight is 635 g/mol. The van der Waals surface area contributed by atoms with E-state index in [2.05, 4.69) is 101 Å². The number of benzene rings is 3. The van der Waals surface area contributed by atoms with Crippen LogP contribution in [-0.4, -0.2) is 0 Å². The van der Waals surface area contributed by atoms with Crippen LogP contribution in [0.25, 0.3) is 17.2 Å². The molecule has 0 aliphatic rings. The van der Waals surface area contributed by atoms with E-state index in [1.165, 1.54) is 148 Å². The van der Waals surface area contributed by atoms with Gasteiger partial charge in [-0.2, -0.15) is 10.2 Å². The predicted octanol–water partition coefficient (Wildman–Crippen LogP) is 15.0. The summed E-state index contributed by atoms with van der Waals surface area (Å²) in [6.07, 6.45) is 27.6. The Labute approximate surface area is 289 Å². The maximum absolute atomic E-state index is 4.88. The summed E-state index contributed by atoms with van der Waals surface area (Å²) in [5, 5.41) is 9.67. The summed E-state index contributed by atoms with van der Waals surface area (Å²) in [7, 11) is 0. The molecule has 0 aromatic heterocycles. The van der Waals surface area contributed by atoms with Crippen molar-refractivity contribution in [2.75, 3.05) is 0 Å². The second-order valence-corrected chi connectivity index (χ2v) is 13.8. The monoisotopic (exact) mass is 635 g/mol. The first kappa shape index (κ1) is 38.4. The van der Waals surface area contributed by atoms with Gasteiger partial charge in [0.2, 0.25) is 0 Å². The molecule has 0 atom stereocenters. The lowest BCUT2D eigenvalue weighted by molar-refractivity contribution is 0.606. The zero-order valence-electron chi connectivity index (χ0n) is 30.9. The van der Waals surface area contributed by atoms with E-state index in [9.17, 15) is 0 Å². The van der Waals surface area contributed by atoms with Crippen LogP contribution >= 0.6 is 0 Å². The van der Waals surface area contributed by atoms with E-state index in [1.54, 1.807) is 0 Å². The van der Waals surface area contributed by atoms with E-state index in [-0.39, 0.29) is 0 Å². The quantitative estimate of drug-likeness (QED) is 0.0692. The van der Waals surface area contributed by atoms with Gasteiger partial charge in [0, 0.05) is 0 Å². The molecule has 3 rings (SSSR count). The number of hydrogen-bond donors (Lipinski definition) is 0. The Bertz CT molecular complexity index is 1330. The highest BCUT2D eigenvalue weighted by Crippen LogP contribution is 2.34. The van der Waals surface area contributed by atoms with E-state index in [1.807, 2.05) is 0 Å². The van der Waals surface area contributed by atoms with Crippen LogP contribution in [0.4, 0.5) is 5.69 Å². The van der Waals surface area contributed by atoms with Gasteiger partial charge < -0.3 is 0 Å². The number of rotatable bonds is 24. The number of allylic oxidation sites excluding steroid dienone is 1. The highest BCUT2D eigenvalue weighted by molar-refractivity contribution is 5.72. The Morgan fingerprint density at radius 1 is 0.553 bits per heavy atom. The van der Waals surface area contributed by atoms with Crippen molar-refractivity contribution >= 4 is 11.8 Å². The van der Waals surface area contributed by atoms with Gasteiger partial charge in [-0.25, -0.2) is 0 Å². The van der Waals surface area contributed by atoms with Crippen LogP contribution in [0.1, 0.15) is 165 Å². The third kappa shape index (κ3) is 14.8. The molecule has 0 saturated carbocycles. The summed E-state index contributed by atoms with van der Waals surface area (Å²) >= 11 is 0.